The lowest BCUT2D eigenvalue weighted by Gasteiger charge is -2.14. The van der Waals surface area contributed by atoms with Crippen molar-refractivity contribution < 1.29 is 18.3 Å². The number of para-hydroxylation sites is 1. The van der Waals surface area contributed by atoms with Crippen LogP contribution in [-0.2, 0) is 0 Å². The van der Waals surface area contributed by atoms with E-state index < -0.39 is 6.29 Å². The molecule has 0 aliphatic carbocycles. The first kappa shape index (κ1) is 13.1. The Bertz CT molecular complexity index is 423. The summed E-state index contributed by atoms with van der Waals surface area (Å²) in [5.74, 6) is 0.134. The average Bonchev–Trinajstić information content (AvgIpc) is 2.62. The molecule has 1 aliphatic heterocycles. The van der Waals surface area contributed by atoms with Gasteiger partial charge in [-0.05, 0) is 12.5 Å². The second-order valence-electron chi connectivity index (χ2n) is 4.44. The van der Waals surface area contributed by atoms with Crippen LogP contribution in [-0.4, -0.2) is 6.29 Å². The zero-order valence-electron chi connectivity index (χ0n) is 10.3. The molecule has 1 aromatic carbocycles. The fourth-order valence-electron chi connectivity index (χ4n) is 2.05. The molecule has 2 rings (SSSR count). The maximum absolute atomic E-state index is 13.0. The van der Waals surface area contributed by atoms with Gasteiger partial charge in [-0.15, -0.1) is 8.78 Å². The molecule has 18 heavy (non-hydrogen) atoms. The molecule has 1 aliphatic rings. The van der Waals surface area contributed by atoms with Crippen molar-refractivity contribution in [1.29, 1.82) is 0 Å². The number of alkyl halides is 2. The van der Waals surface area contributed by atoms with Crippen molar-refractivity contribution in [2.45, 2.75) is 44.9 Å². The van der Waals surface area contributed by atoms with E-state index in [0.29, 0.717) is 5.56 Å². The summed E-state index contributed by atoms with van der Waals surface area (Å²) in [6, 6.07) is 4.51. The van der Waals surface area contributed by atoms with E-state index in [1.54, 1.807) is 12.1 Å². The molecule has 0 saturated carbocycles. The summed E-state index contributed by atoms with van der Waals surface area (Å²) in [6.07, 6.45) is 0.312. The molecule has 0 bridgehead atoms. The normalized spacial score (nSPS) is 17.8. The summed E-state index contributed by atoms with van der Waals surface area (Å²) in [5.41, 5.74) is 6.60. The molecule has 100 valence electrons. The van der Waals surface area contributed by atoms with E-state index in [0.717, 1.165) is 25.7 Å². The van der Waals surface area contributed by atoms with Gasteiger partial charge in [-0.1, -0.05) is 38.3 Å². The summed E-state index contributed by atoms with van der Waals surface area (Å²) in [7, 11) is 0. The smallest absolute Gasteiger partial charge is 0.395 e. The zero-order valence-corrected chi connectivity index (χ0v) is 10.3. The minimum Gasteiger partial charge on any atom is -0.395 e. The number of hydrogen-bond acceptors (Lipinski definition) is 3. The number of halogens is 2. The second kappa shape index (κ2) is 5.10. The van der Waals surface area contributed by atoms with Crippen LogP contribution >= 0.6 is 0 Å². The van der Waals surface area contributed by atoms with E-state index in [9.17, 15) is 8.78 Å². The third-order valence-corrected chi connectivity index (χ3v) is 2.98. The van der Waals surface area contributed by atoms with Crippen LogP contribution in [0.5, 0.6) is 11.5 Å². The Kier molecular flexibility index (Phi) is 3.71. The van der Waals surface area contributed by atoms with E-state index >= 15 is 0 Å². The Labute approximate surface area is 105 Å². The molecule has 1 aromatic rings. The molecule has 2 N–H and O–H groups in total. The molecular weight excluding hydrogens is 240 g/mol. The molecule has 0 amide bonds. The Morgan fingerprint density at radius 3 is 2.78 bits per heavy atom. The number of rotatable bonds is 5. The van der Waals surface area contributed by atoms with Crippen LogP contribution < -0.4 is 15.2 Å². The van der Waals surface area contributed by atoms with Crippen LogP contribution in [0.15, 0.2) is 18.2 Å². The van der Waals surface area contributed by atoms with Crippen LogP contribution in [0.3, 0.4) is 0 Å². The quantitative estimate of drug-likeness (QED) is 0.820. The topological polar surface area (TPSA) is 44.5 Å². The van der Waals surface area contributed by atoms with Crippen LogP contribution in [0.25, 0.3) is 0 Å². The number of ether oxygens (including phenoxy) is 2. The van der Waals surface area contributed by atoms with Crippen molar-refractivity contribution in [2.75, 3.05) is 0 Å². The maximum Gasteiger partial charge on any atom is 0.586 e. The first-order chi connectivity index (χ1) is 8.53. The summed E-state index contributed by atoms with van der Waals surface area (Å²) in [5, 5.41) is 0. The highest BCUT2D eigenvalue weighted by Crippen LogP contribution is 2.45. The lowest BCUT2D eigenvalue weighted by Crippen LogP contribution is -2.26. The van der Waals surface area contributed by atoms with Gasteiger partial charge in [-0.3, -0.25) is 0 Å². The van der Waals surface area contributed by atoms with Gasteiger partial charge in [0.05, 0.1) is 0 Å². The molecule has 0 saturated heterocycles. The second-order valence-corrected chi connectivity index (χ2v) is 4.44. The monoisotopic (exact) mass is 257 g/mol. The summed E-state index contributed by atoms with van der Waals surface area (Å²) < 4.78 is 34.9. The molecule has 0 unspecified atom stereocenters. The molecule has 1 atom stereocenters. The number of nitrogens with two attached hydrogens (primary N) is 1. The lowest BCUT2D eigenvalue weighted by molar-refractivity contribution is -0.287. The highest BCUT2D eigenvalue weighted by Gasteiger charge is 2.44. The van der Waals surface area contributed by atoms with E-state index in [1.165, 1.54) is 6.07 Å². The van der Waals surface area contributed by atoms with Gasteiger partial charge in [0, 0.05) is 11.6 Å². The van der Waals surface area contributed by atoms with E-state index in [4.69, 9.17) is 5.73 Å². The van der Waals surface area contributed by atoms with E-state index in [2.05, 4.69) is 16.4 Å². The molecule has 5 heteroatoms. The average molecular weight is 257 g/mol. The summed E-state index contributed by atoms with van der Waals surface area (Å²) in [4.78, 5) is 0. The zero-order chi connectivity index (χ0) is 13.2. The number of fused-ring (bicyclic) bond motifs is 1. The highest BCUT2D eigenvalue weighted by molar-refractivity contribution is 5.50. The first-order valence-corrected chi connectivity index (χ1v) is 6.18. The maximum atomic E-state index is 13.0. The van der Waals surface area contributed by atoms with Crippen molar-refractivity contribution >= 4 is 0 Å². The predicted octanol–water partition coefficient (Wildman–Crippen LogP) is 3.59. The predicted molar refractivity (Wildman–Crippen MR) is 63.7 cm³/mol. The molecule has 3 nitrogen and oxygen atoms in total. The third kappa shape index (κ3) is 2.72. The van der Waals surface area contributed by atoms with Gasteiger partial charge in [0.15, 0.2) is 11.5 Å². The van der Waals surface area contributed by atoms with Crippen LogP contribution in [0.2, 0.25) is 0 Å². The molecule has 0 radical (unpaired) electrons. The Balaban J connectivity index is 2.13. The molecule has 0 fully saturated rings. The first-order valence-electron chi connectivity index (χ1n) is 6.18. The molecule has 0 aromatic heterocycles. The Morgan fingerprint density at radius 1 is 1.28 bits per heavy atom. The minimum absolute atomic E-state index is 0.0587. The van der Waals surface area contributed by atoms with Crippen molar-refractivity contribution in [3.05, 3.63) is 23.8 Å². The largest absolute Gasteiger partial charge is 0.586 e. The summed E-state index contributed by atoms with van der Waals surface area (Å²) >= 11 is 0. The van der Waals surface area contributed by atoms with Gasteiger partial charge < -0.3 is 15.2 Å². The van der Waals surface area contributed by atoms with Gasteiger partial charge in [0.25, 0.3) is 0 Å². The third-order valence-electron chi connectivity index (χ3n) is 2.98. The van der Waals surface area contributed by atoms with Gasteiger partial charge in [0.1, 0.15) is 0 Å². The molecular formula is C13H17F2NO2. The van der Waals surface area contributed by atoms with E-state index in [-0.39, 0.29) is 17.5 Å². The fourth-order valence-corrected chi connectivity index (χ4v) is 2.05. The van der Waals surface area contributed by atoms with Crippen LogP contribution in [0.4, 0.5) is 8.78 Å². The standard InChI is InChI=1S/C13H17F2NO2/c1-2-3-4-7-10(16)9-6-5-8-11-12(9)18-13(14,15)17-11/h5-6,8,10H,2-4,7,16H2,1H3/t10-/m1/s1. The fraction of sp³-hybridized carbons (Fsp3) is 0.538. The number of benzene rings is 1. The van der Waals surface area contributed by atoms with Gasteiger partial charge in [-0.2, -0.15) is 0 Å². The summed E-state index contributed by atoms with van der Waals surface area (Å²) in [6.45, 7) is 2.10. The minimum atomic E-state index is -3.58. The van der Waals surface area contributed by atoms with Gasteiger partial charge in [0.2, 0.25) is 0 Å². The Morgan fingerprint density at radius 2 is 2.06 bits per heavy atom. The Hall–Kier alpha value is -1.36. The van der Waals surface area contributed by atoms with Crippen molar-refractivity contribution in [2.24, 2.45) is 5.73 Å². The SMILES string of the molecule is CCCCC[C@@H](N)c1cccc2c1OC(F)(F)O2. The van der Waals surface area contributed by atoms with Gasteiger partial charge >= 0.3 is 6.29 Å². The number of unbranched alkanes of at least 4 members (excludes halogenated alkanes) is 2. The molecule has 1 heterocycles. The number of hydrogen-bond donors (Lipinski definition) is 1. The van der Waals surface area contributed by atoms with Crippen molar-refractivity contribution in [3.8, 4) is 11.5 Å². The van der Waals surface area contributed by atoms with Crippen molar-refractivity contribution in [1.82, 2.24) is 0 Å². The highest BCUT2D eigenvalue weighted by atomic mass is 19.3. The van der Waals surface area contributed by atoms with Crippen LogP contribution in [0.1, 0.15) is 44.2 Å². The van der Waals surface area contributed by atoms with Crippen molar-refractivity contribution in [3.63, 3.8) is 0 Å². The van der Waals surface area contributed by atoms with E-state index in [1.807, 2.05) is 0 Å². The molecule has 0 spiro atoms. The van der Waals surface area contributed by atoms with Gasteiger partial charge in [-0.25, -0.2) is 0 Å². The lowest BCUT2D eigenvalue weighted by atomic mass is 10.00. The van der Waals surface area contributed by atoms with Crippen LogP contribution in [0, 0.1) is 0 Å².